The fourth-order valence-electron chi connectivity index (χ4n) is 1.62. The largest absolute Gasteiger partial charge is 0.508 e. The molecule has 0 saturated heterocycles. The Morgan fingerprint density at radius 2 is 2.33 bits per heavy atom. The molecule has 94 valence electrons. The first-order chi connectivity index (χ1) is 8.66. The van der Waals surface area contributed by atoms with Crippen LogP contribution in [0.5, 0.6) is 5.75 Å². The number of nitrogens with one attached hydrogen (secondary N) is 1. The summed E-state index contributed by atoms with van der Waals surface area (Å²) in [5.41, 5.74) is 1.32. The first-order valence-electron chi connectivity index (χ1n) is 5.71. The molecule has 2 N–H and O–H groups in total. The molecule has 0 aliphatic rings. The highest BCUT2D eigenvalue weighted by molar-refractivity contribution is 5.91. The molecule has 0 atom stereocenters. The first-order valence-corrected chi connectivity index (χ1v) is 5.71. The van der Waals surface area contributed by atoms with E-state index in [-0.39, 0.29) is 11.7 Å². The van der Waals surface area contributed by atoms with Gasteiger partial charge in [0.25, 0.3) is 0 Å². The van der Waals surface area contributed by atoms with Gasteiger partial charge in [-0.15, -0.1) is 0 Å². The lowest BCUT2D eigenvalue weighted by molar-refractivity contribution is -0.116. The molecule has 1 aromatic carbocycles. The van der Waals surface area contributed by atoms with Crippen LogP contribution in [0.4, 0.5) is 5.69 Å². The standard InChI is InChI=1S/C13H15N3O2/c1-10-11(3-2-4-12(10)17)15-13(18)5-7-16-8-6-14-9-16/h2-4,6,8-9,17H,5,7H2,1H3,(H,15,18). The second kappa shape index (κ2) is 5.35. The smallest absolute Gasteiger partial charge is 0.226 e. The van der Waals surface area contributed by atoms with Crippen LogP contribution in [0.25, 0.3) is 0 Å². The van der Waals surface area contributed by atoms with Gasteiger partial charge in [-0.25, -0.2) is 4.98 Å². The van der Waals surface area contributed by atoms with Crippen molar-refractivity contribution in [3.8, 4) is 5.75 Å². The van der Waals surface area contributed by atoms with Crippen LogP contribution < -0.4 is 5.32 Å². The number of anilines is 1. The Morgan fingerprint density at radius 3 is 3.06 bits per heavy atom. The lowest BCUT2D eigenvalue weighted by Gasteiger charge is -2.09. The molecule has 5 nitrogen and oxygen atoms in total. The number of aromatic nitrogens is 2. The van der Waals surface area contributed by atoms with Crippen LogP contribution in [0.15, 0.2) is 36.9 Å². The van der Waals surface area contributed by atoms with Gasteiger partial charge < -0.3 is 15.0 Å². The van der Waals surface area contributed by atoms with Crippen LogP contribution in [0.3, 0.4) is 0 Å². The number of amides is 1. The number of aromatic hydroxyl groups is 1. The van der Waals surface area contributed by atoms with E-state index in [1.54, 1.807) is 37.6 Å². The van der Waals surface area contributed by atoms with Gasteiger partial charge in [0, 0.05) is 36.6 Å². The zero-order valence-electron chi connectivity index (χ0n) is 10.1. The zero-order chi connectivity index (χ0) is 13.0. The van der Waals surface area contributed by atoms with Gasteiger partial charge in [-0.05, 0) is 19.1 Å². The molecule has 18 heavy (non-hydrogen) atoms. The van der Waals surface area contributed by atoms with E-state index in [0.29, 0.717) is 24.2 Å². The van der Waals surface area contributed by atoms with Crippen molar-refractivity contribution >= 4 is 11.6 Å². The first kappa shape index (κ1) is 12.2. The van der Waals surface area contributed by atoms with E-state index in [4.69, 9.17) is 0 Å². The van der Waals surface area contributed by atoms with Crippen molar-refractivity contribution in [3.05, 3.63) is 42.5 Å². The number of rotatable bonds is 4. The van der Waals surface area contributed by atoms with Crippen molar-refractivity contribution in [1.82, 2.24) is 9.55 Å². The second-order valence-electron chi connectivity index (χ2n) is 4.05. The summed E-state index contributed by atoms with van der Waals surface area (Å²) in [6.07, 6.45) is 5.53. The van der Waals surface area contributed by atoms with E-state index in [0.717, 1.165) is 0 Å². The van der Waals surface area contributed by atoms with Crippen LogP contribution >= 0.6 is 0 Å². The minimum atomic E-state index is -0.0857. The van der Waals surface area contributed by atoms with Gasteiger partial charge in [-0.2, -0.15) is 0 Å². The molecule has 0 radical (unpaired) electrons. The monoisotopic (exact) mass is 245 g/mol. The molecule has 0 spiro atoms. The Morgan fingerprint density at radius 1 is 1.50 bits per heavy atom. The fourth-order valence-corrected chi connectivity index (χ4v) is 1.62. The van der Waals surface area contributed by atoms with Crippen molar-refractivity contribution in [2.75, 3.05) is 5.32 Å². The third kappa shape index (κ3) is 2.88. The Hall–Kier alpha value is -2.30. The quantitative estimate of drug-likeness (QED) is 0.864. The maximum Gasteiger partial charge on any atom is 0.226 e. The number of phenols is 1. The molecule has 1 heterocycles. The molecule has 0 unspecified atom stereocenters. The van der Waals surface area contributed by atoms with Crippen LogP contribution in [0.2, 0.25) is 0 Å². The summed E-state index contributed by atoms with van der Waals surface area (Å²) < 4.78 is 1.84. The summed E-state index contributed by atoms with van der Waals surface area (Å²) in [6.45, 7) is 2.35. The molecule has 2 rings (SSSR count). The Bertz CT molecular complexity index is 535. The second-order valence-corrected chi connectivity index (χ2v) is 4.05. The Balaban J connectivity index is 1.93. The number of nitrogens with zero attached hydrogens (tertiary/aromatic N) is 2. The molecule has 5 heteroatoms. The molecular formula is C13H15N3O2. The molecule has 1 aromatic heterocycles. The molecule has 0 aliphatic carbocycles. The molecular weight excluding hydrogens is 230 g/mol. The van der Waals surface area contributed by atoms with Crippen LogP contribution in [0.1, 0.15) is 12.0 Å². The topological polar surface area (TPSA) is 67.2 Å². The van der Waals surface area contributed by atoms with Crippen molar-refractivity contribution in [1.29, 1.82) is 0 Å². The Labute approximate surface area is 105 Å². The number of benzene rings is 1. The summed E-state index contributed by atoms with van der Waals surface area (Å²) in [6, 6.07) is 5.06. The number of imidazole rings is 1. The van der Waals surface area contributed by atoms with Gasteiger partial charge in [0.15, 0.2) is 0 Å². The van der Waals surface area contributed by atoms with Gasteiger partial charge in [0.2, 0.25) is 5.91 Å². The van der Waals surface area contributed by atoms with Gasteiger partial charge in [0.1, 0.15) is 5.75 Å². The van der Waals surface area contributed by atoms with Gasteiger partial charge in [0.05, 0.1) is 6.33 Å². The SMILES string of the molecule is Cc1c(O)cccc1NC(=O)CCn1ccnc1. The Kier molecular flexibility index (Phi) is 3.62. The van der Waals surface area contributed by atoms with Crippen molar-refractivity contribution < 1.29 is 9.90 Å². The van der Waals surface area contributed by atoms with E-state index in [1.165, 1.54) is 0 Å². The molecule has 1 amide bonds. The number of carbonyl (C=O) groups excluding carboxylic acids is 1. The maximum absolute atomic E-state index is 11.7. The number of hydrogen-bond donors (Lipinski definition) is 2. The maximum atomic E-state index is 11.7. The van der Waals surface area contributed by atoms with Gasteiger partial charge in [-0.3, -0.25) is 4.79 Å². The van der Waals surface area contributed by atoms with E-state index in [9.17, 15) is 9.90 Å². The van der Waals surface area contributed by atoms with Gasteiger partial charge in [-0.1, -0.05) is 6.07 Å². The molecule has 0 bridgehead atoms. The molecule has 0 aliphatic heterocycles. The zero-order valence-corrected chi connectivity index (χ0v) is 10.1. The number of phenolic OH excluding ortho intramolecular Hbond substituents is 1. The summed E-state index contributed by atoms with van der Waals surface area (Å²) in [5.74, 6) is 0.0970. The van der Waals surface area contributed by atoms with Crippen LogP contribution in [-0.4, -0.2) is 20.6 Å². The number of hydrogen-bond acceptors (Lipinski definition) is 3. The van der Waals surface area contributed by atoms with Crippen LogP contribution in [-0.2, 0) is 11.3 Å². The number of aryl methyl sites for hydroxylation is 1. The summed E-state index contributed by atoms with van der Waals surface area (Å²) >= 11 is 0. The minimum absolute atomic E-state index is 0.0857. The summed E-state index contributed by atoms with van der Waals surface area (Å²) in [4.78, 5) is 15.7. The fraction of sp³-hybridized carbons (Fsp3) is 0.231. The molecule has 0 fully saturated rings. The van der Waals surface area contributed by atoms with E-state index >= 15 is 0 Å². The summed E-state index contributed by atoms with van der Waals surface area (Å²) in [5, 5.41) is 12.3. The normalized spacial score (nSPS) is 10.3. The van der Waals surface area contributed by atoms with Crippen LogP contribution in [0, 0.1) is 6.92 Å². The third-order valence-electron chi connectivity index (χ3n) is 2.74. The summed E-state index contributed by atoms with van der Waals surface area (Å²) in [7, 11) is 0. The third-order valence-corrected chi connectivity index (χ3v) is 2.74. The highest BCUT2D eigenvalue weighted by Crippen LogP contribution is 2.23. The molecule has 0 saturated carbocycles. The predicted octanol–water partition coefficient (Wildman–Crippen LogP) is 1.93. The predicted molar refractivity (Wildman–Crippen MR) is 68.3 cm³/mol. The molecule has 2 aromatic rings. The van der Waals surface area contributed by atoms with Gasteiger partial charge >= 0.3 is 0 Å². The van der Waals surface area contributed by atoms with Crippen molar-refractivity contribution in [2.45, 2.75) is 19.9 Å². The van der Waals surface area contributed by atoms with E-state index in [1.807, 2.05) is 10.8 Å². The van der Waals surface area contributed by atoms with E-state index < -0.39 is 0 Å². The highest BCUT2D eigenvalue weighted by atomic mass is 16.3. The number of carbonyl (C=O) groups is 1. The highest BCUT2D eigenvalue weighted by Gasteiger charge is 2.07. The van der Waals surface area contributed by atoms with Crippen molar-refractivity contribution in [3.63, 3.8) is 0 Å². The lowest BCUT2D eigenvalue weighted by atomic mass is 10.2. The average molecular weight is 245 g/mol. The minimum Gasteiger partial charge on any atom is -0.508 e. The lowest BCUT2D eigenvalue weighted by Crippen LogP contribution is -2.14. The van der Waals surface area contributed by atoms with Crippen molar-refractivity contribution in [2.24, 2.45) is 0 Å². The average Bonchev–Trinajstić information content (AvgIpc) is 2.86. The van der Waals surface area contributed by atoms with E-state index in [2.05, 4.69) is 10.3 Å².